The molecule has 2 atom stereocenters. The van der Waals surface area contributed by atoms with Gasteiger partial charge in [0.1, 0.15) is 5.78 Å². The van der Waals surface area contributed by atoms with Gasteiger partial charge in [-0.3, -0.25) is 4.79 Å². The maximum absolute atomic E-state index is 11.6. The Morgan fingerprint density at radius 2 is 2.25 bits per heavy atom. The SMILES string of the molecule is CCCC(=O)C1CCCC1CN. The molecule has 2 N–H and O–H groups in total. The summed E-state index contributed by atoms with van der Waals surface area (Å²) in [5.74, 6) is 1.24. The van der Waals surface area contributed by atoms with Gasteiger partial charge < -0.3 is 5.73 Å². The summed E-state index contributed by atoms with van der Waals surface area (Å²) in [6.45, 7) is 2.75. The quantitative estimate of drug-likeness (QED) is 0.696. The molecule has 0 saturated heterocycles. The van der Waals surface area contributed by atoms with Gasteiger partial charge in [-0.25, -0.2) is 0 Å². The lowest BCUT2D eigenvalue weighted by Gasteiger charge is -2.15. The van der Waals surface area contributed by atoms with E-state index in [0.717, 1.165) is 25.7 Å². The van der Waals surface area contributed by atoms with E-state index < -0.39 is 0 Å². The maximum atomic E-state index is 11.6. The molecule has 1 aliphatic rings. The van der Waals surface area contributed by atoms with Gasteiger partial charge in [0.25, 0.3) is 0 Å². The van der Waals surface area contributed by atoms with Crippen LogP contribution in [-0.4, -0.2) is 12.3 Å². The third-order valence-electron chi connectivity index (χ3n) is 2.87. The lowest BCUT2D eigenvalue weighted by molar-refractivity contribution is -0.123. The zero-order valence-corrected chi connectivity index (χ0v) is 7.88. The summed E-state index contributed by atoms with van der Waals surface area (Å²) < 4.78 is 0. The van der Waals surface area contributed by atoms with Gasteiger partial charge in [-0.05, 0) is 31.7 Å². The van der Waals surface area contributed by atoms with Crippen LogP contribution in [-0.2, 0) is 4.79 Å². The molecule has 1 saturated carbocycles. The van der Waals surface area contributed by atoms with Gasteiger partial charge in [0.05, 0.1) is 0 Å². The molecule has 2 heteroatoms. The van der Waals surface area contributed by atoms with Crippen LogP contribution in [0.2, 0.25) is 0 Å². The number of ketones is 1. The highest BCUT2D eigenvalue weighted by molar-refractivity contribution is 5.81. The van der Waals surface area contributed by atoms with Crippen molar-refractivity contribution in [2.24, 2.45) is 17.6 Å². The number of carbonyl (C=O) groups is 1. The van der Waals surface area contributed by atoms with Crippen molar-refractivity contribution in [1.29, 1.82) is 0 Å². The lowest BCUT2D eigenvalue weighted by atomic mass is 9.90. The minimum Gasteiger partial charge on any atom is -0.330 e. The molecule has 1 rings (SSSR count). The molecule has 0 aromatic heterocycles. The summed E-state index contributed by atoms with van der Waals surface area (Å²) in [6, 6.07) is 0. The number of rotatable bonds is 4. The van der Waals surface area contributed by atoms with E-state index in [9.17, 15) is 4.79 Å². The molecule has 1 fully saturated rings. The van der Waals surface area contributed by atoms with E-state index in [1.807, 2.05) is 0 Å². The second-order valence-corrected chi connectivity index (χ2v) is 3.75. The zero-order chi connectivity index (χ0) is 8.97. The molecule has 2 unspecified atom stereocenters. The lowest BCUT2D eigenvalue weighted by Crippen LogP contribution is -2.24. The number of hydrogen-bond acceptors (Lipinski definition) is 2. The van der Waals surface area contributed by atoms with Gasteiger partial charge in [-0.1, -0.05) is 13.3 Å². The predicted octanol–water partition coefficient (Wildman–Crippen LogP) is 1.73. The van der Waals surface area contributed by atoms with Crippen LogP contribution in [0.4, 0.5) is 0 Å². The number of nitrogens with two attached hydrogens (primary N) is 1. The molecular formula is C10H19NO. The Kier molecular flexibility index (Phi) is 3.73. The number of hydrogen-bond donors (Lipinski definition) is 1. The first-order valence-electron chi connectivity index (χ1n) is 5.02. The van der Waals surface area contributed by atoms with Gasteiger partial charge in [0, 0.05) is 12.3 Å². The first-order valence-corrected chi connectivity index (χ1v) is 5.02. The van der Waals surface area contributed by atoms with Gasteiger partial charge in [-0.15, -0.1) is 0 Å². The fraction of sp³-hybridized carbons (Fsp3) is 0.900. The fourth-order valence-corrected chi connectivity index (χ4v) is 2.17. The summed E-state index contributed by atoms with van der Waals surface area (Å²) in [5, 5.41) is 0. The van der Waals surface area contributed by atoms with Crippen LogP contribution >= 0.6 is 0 Å². The summed E-state index contributed by atoms with van der Waals surface area (Å²) in [7, 11) is 0. The van der Waals surface area contributed by atoms with Crippen LogP contribution in [0.5, 0.6) is 0 Å². The largest absolute Gasteiger partial charge is 0.330 e. The van der Waals surface area contributed by atoms with Crippen molar-refractivity contribution >= 4 is 5.78 Å². The first kappa shape index (κ1) is 9.72. The molecule has 2 nitrogen and oxygen atoms in total. The average Bonchev–Trinajstić information content (AvgIpc) is 2.51. The van der Waals surface area contributed by atoms with Crippen molar-refractivity contribution in [3.05, 3.63) is 0 Å². The van der Waals surface area contributed by atoms with Gasteiger partial charge >= 0.3 is 0 Å². The second kappa shape index (κ2) is 4.61. The molecule has 70 valence electrons. The van der Waals surface area contributed by atoms with E-state index >= 15 is 0 Å². The Morgan fingerprint density at radius 3 is 2.83 bits per heavy atom. The summed E-state index contributed by atoms with van der Waals surface area (Å²) in [4.78, 5) is 11.6. The van der Waals surface area contributed by atoms with Gasteiger partial charge in [-0.2, -0.15) is 0 Å². The molecule has 1 aliphatic carbocycles. The Balaban J connectivity index is 2.43. The van der Waals surface area contributed by atoms with Crippen molar-refractivity contribution in [1.82, 2.24) is 0 Å². The minimum atomic E-state index is 0.301. The van der Waals surface area contributed by atoms with Crippen molar-refractivity contribution < 1.29 is 4.79 Å². The highest BCUT2D eigenvalue weighted by Crippen LogP contribution is 2.32. The van der Waals surface area contributed by atoms with Crippen LogP contribution in [0.25, 0.3) is 0 Å². The van der Waals surface area contributed by atoms with Gasteiger partial charge in [0.15, 0.2) is 0 Å². The molecular weight excluding hydrogens is 150 g/mol. The Hall–Kier alpha value is -0.370. The molecule has 0 aliphatic heterocycles. The van der Waals surface area contributed by atoms with Crippen molar-refractivity contribution in [2.75, 3.05) is 6.54 Å². The fourth-order valence-electron chi connectivity index (χ4n) is 2.17. The van der Waals surface area contributed by atoms with Crippen LogP contribution in [0, 0.1) is 11.8 Å². The van der Waals surface area contributed by atoms with E-state index in [1.165, 1.54) is 6.42 Å². The summed E-state index contributed by atoms with van der Waals surface area (Å²) >= 11 is 0. The molecule has 12 heavy (non-hydrogen) atoms. The normalized spacial score (nSPS) is 29.2. The Labute approximate surface area is 74.5 Å². The average molecular weight is 169 g/mol. The molecule has 0 aromatic rings. The smallest absolute Gasteiger partial charge is 0.136 e. The highest BCUT2D eigenvalue weighted by atomic mass is 16.1. The van der Waals surface area contributed by atoms with E-state index in [0.29, 0.717) is 24.2 Å². The molecule has 0 amide bonds. The standard InChI is InChI=1S/C10H19NO/c1-2-4-10(12)9-6-3-5-8(9)7-11/h8-9H,2-7,11H2,1H3. The minimum absolute atomic E-state index is 0.301. The molecule has 0 heterocycles. The van der Waals surface area contributed by atoms with Gasteiger partial charge in [0.2, 0.25) is 0 Å². The Bertz CT molecular complexity index is 156. The Morgan fingerprint density at radius 1 is 1.50 bits per heavy atom. The predicted molar refractivity (Wildman–Crippen MR) is 49.8 cm³/mol. The van der Waals surface area contributed by atoms with Crippen molar-refractivity contribution in [3.63, 3.8) is 0 Å². The van der Waals surface area contributed by atoms with Crippen LogP contribution in [0.15, 0.2) is 0 Å². The first-order chi connectivity index (χ1) is 5.79. The van der Waals surface area contributed by atoms with E-state index in [1.54, 1.807) is 0 Å². The summed E-state index contributed by atoms with van der Waals surface area (Å²) in [6.07, 6.45) is 5.17. The third-order valence-corrected chi connectivity index (χ3v) is 2.87. The third kappa shape index (κ3) is 2.07. The number of carbonyl (C=O) groups excluding carboxylic acids is 1. The molecule has 0 spiro atoms. The van der Waals surface area contributed by atoms with E-state index in [2.05, 4.69) is 6.92 Å². The van der Waals surface area contributed by atoms with Crippen molar-refractivity contribution in [3.8, 4) is 0 Å². The molecule has 0 bridgehead atoms. The topological polar surface area (TPSA) is 43.1 Å². The van der Waals surface area contributed by atoms with Crippen molar-refractivity contribution in [2.45, 2.75) is 39.0 Å². The van der Waals surface area contributed by atoms with Crippen LogP contribution in [0.1, 0.15) is 39.0 Å². The number of Topliss-reactive ketones (excluding diaryl/α,β-unsaturated/α-hetero) is 1. The maximum Gasteiger partial charge on any atom is 0.136 e. The highest BCUT2D eigenvalue weighted by Gasteiger charge is 2.30. The van der Waals surface area contributed by atoms with E-state index in [-0.39, 0.29) is 0 Å². The van der Waals surface area contributed by atoms with E-state index in [4.69, 9.17) is 5.73 Å². The van der Waals surface area contributed by atoms with Crippen LogP contribution in [0.3, 0.4) is 0 Å². The van der Waals surface area contributed by atoms with Crippen LogP contribution < -0.4 is 5.73 Å². The monoisotopic (exact) mass is 169 g/mol. The molecule has 0 aromatic carbocycles. The summed E-state index contributed by atoms with van der Waals surface area (Å²) in [5.41, 5.74) is 5.61. The zero-order valence-electron chi connectivity index (χ0n) is 7.88. The molecule has 0 radical (unpaired) electrons. The second-order valence-electron chi connectivity index (χ2n) is 3.75.